The number of carbonyl (C=O) groups excluding carboxylic acids is 1. The first-order valence-corrected chi connectivity index (χ1v) is 11.3. The molecular formula is C25H35N3O3. The summed E-state index contributed by atoms with van der Waals surface area (Å²) in [6.45, 7) is 11.5. The number of rotatable bonds is 9. The van der Waals surface area contributed by atoms with Gasteiger partial charge in [-0.2, -0.15) is 0 Å². The molecule has 31 heavy (non-hydrogen) atoms. The van der Waals surface area contributed by atoms with Crippen LogP contribution >= 0.6 is 0 Å². The van der Waals surface area contributed by atoms with Crippen LogP contribution in [-0.4, -0.2) is 57.2 Å². The fourth-order valence-corrected chi connectivity index (χ4v) is 3.55. The van der Waals surface area contributed by atoms with Gasteiger partial charge in [0, 0.05) is 43.1 Å². The summed E-state index contributed by atoms with van der Waals surface area (Å²) in [6.07, 6.45) is 1.81. The second-order valence-electron chi connectivity index (χ2n) is 8.10. The molecule has 6 heteroatoms. The number of nitrogens with one attached hydrogen (secondary N) is 1. The van der Waals surface area contributed by atoms with Gasteiger partial charge in [-0.25, -0.2) is 0 Å². The molecule has 1 aliphatic heterocycles. The summed E-state index contributed by atoms with van der Waals surface area (Å²) in [5, 5.41) is 3.05. The zero-order valence-corrected chi connectivity index (χ0v) is 19.2. The number of benzene rings is 2. The molecule has 2 aromatic carbocycles. The fraction of sp³-hybridized carbons (Fsp3) is 0.480. The predicted octanol–water partition coefficient (Wildman–Crippen LogP) is 4.58. The van der Waals surface area contributed by atoms with Crippen molar-refractivity contribution in [2.75, 3.05) is 56.7 Å². The van der Waals surface area contributed by atoms with E-state index in [1.807, 2.05) is 19.1 Å². The van der Waals surface area contributed by atoms with Crippen LogP contribution in [0.4, 0.5) is 11.4 Å². The van der Waals surface area contributed by atoms with Gasteiger partial charge in [-0.3, -0.25) is 4.79 Å². The molecule has 0 atom stereocenters. The van der Waals surface area contributed by atoms with Gasteiger partial charge in [0.1, 0.15) is 0 Å². The summed E-state index contributed by atoms with van der Waals surface area (Å²) in [5.41, 5.74) is 3.63. The lowest BCUT2D eigenvalue weighted by atomic mass is 10.1. The third-order valence-electron chi connectivity index (χ3n) is 5.46. The number of anilines is 2. The van der Waals surface area contributed by atoms with Gasteiger partial charge < -0.3 is 24.6 Å². The molecule has 1 aliphatic rings. The summed E-state index contributed by atoms with van der Waals surface area (Å²) < 4.78 is 11.6. The molecule has 1 amide bonds. The lowest BCUT2D eigenvalue weighted by Crippen LogP contribution is -2.44. The van der Waals surface area contributed by atoms with Gasteiger partial charge in [0.15, 0.2) is 11.5 Å². The standard InChI is InChI=1S/C25H35N3O3/c1-5-15-30-23-10-7-20(18-24(23)31-16-6-2)25(29)26-22-9-8-21(17-19(22)3)28-13-11-27(4)12-14-28/h7-10,17-18H,5-6,11-16H2,1-4H3,(H,26,29). The average molecular weight is 426 g/mol. The van der Waals surface area contributed by atoms with Crippen LogP contribution in [0.5, 0.6) is 11.5 Å². The number of amides is 1. The molecule has 168 valence electrons. The highest BCUT2D eigenvalue weighted by atomic mass is 16.5. The maximum atomic E-state index is 12.9. The Labute approximate surface area is 186 Å². The molecule has 0 radical (unpaired) electrons. The number of ether oxygens (including phenoxy) is 2. The van der Waals surface area contributed by atoms with Gasteiger partial charge in [-0.1, -0.05) is 13.8 Å². The summed E-state index contributed by atoms with van der Waals surface area (Å²) in [7, 11) is 2.16. The van der Waals surface area contributed by atoms with Crippen molar-refractivity contribution in [1.29, 1.82) is 0 Å². The molecule has 0 aliphatic carbocycles. The summed E-state index contributed by atoms with van der Waals surface area (Å²) >= 11 is 0. The number of carbonyl (C=O) groups is 1. The fourth-order valence-electron chi connectivity index (χ4n) is 3.55. The summed E-state index contributed by atoms with van der Waals surface area (Å²) in [4.78, 5) is 17.7. The van der Waals surface area contributed by atoms with Crippen molar-refractivity contribution in [2.45, 2.75) is 33.6 Å². The molecule has 1 N–H and O–H groups in total. The second kappa shape index (κ2) is 11.0. The van der Waals surface area contributed by atoms with Crippen LogP contribution in [0, 0.1) is 6.92 Å². The molecule has 0 saturated carbocycles. The molecule has 2 aromatic rings. The van der Waals surface area contributed by atoms with Crippen molar-refractivity contribution < 1.29 is 14.3 Å². The predicted molar refractivity (Wildman–Crippen MR) is 127 cm³/mol. The SMILES string of the molecule is CCCOc1ccc(C(=O)Nc2ccc(N3CCN(C)CC3)cc2C)cc1OCCC. The largest absolute Gasteiger partial charge is 0.490 e. The van der Waals surface area contributed by atoms with E-state index in [-0.39, 0.29) is 5.91 Å². The Morgan fingerprint density at radius 1 is 0.935 bits per heavy atom. The minimum atomic E-state index is -0.154. The van der Waals surface area contributed by atoms with Gasteiger partial charge in [0.25, 0.3) is 5.91 Å². The molecule has 0 spiro atoms. The third-order valence-corrected chi connectivity index (χ3v) is 5.46. The number of hydrogen-bond donors (Lipinski definition) is 1. The Kier molecular flexibility index (Phi) is 8.18. The summed E-state index contributed by atoms with van der Waals surface area (Å²) in [5.74, 6) is 1.14. The molecule has 6 nitrogen and oxygen atoms in total. The number of piperazine rings is 1. The highest BCUT2D eigenvalue weighted by Crippen LogP contribution is 2.30. The zero-order chi connectivity index (χ0) is 22.2. The molecule has 0 unspecified atom stereocenters. The molecule has 1 fully saturated rings. The van der Waals surface area contributed by atoms with E-state index in [2.05, 4.69) is 48.1 Å². The topological polar surface area (TPSA) is 54.0 Å². The van der Waals surface area contributed by atoms with Crippen molar-refractivity contribution in [3.63, 3.8) is 0 Å². The monoisotopic (exact) mass is 425 g/mol. The van der Waals surface area contributed by atoms with E-state index in [9.17, 15) is 4.79 Å². The van der Waals surface area contributed by atoms with Crippen molar-refractivity contribution in [3.05, 3.63) is 47.5 Å². The lowest BCUT2D eigenvalue weighted by molar-refractivity contribution is 0.102. The van der Waals surface area contributed by atoms with Crippen LogP contribution in [0.25, 0.3) is 0 Å². The van der Waals surface area contributed by atoms with Gasteiger partial charge in [0.05, 0.1) is 13.2 Å². The minimum absolute atomic E-state index is 0.154. The maximum Gasteiger partial charge on any atom is 0.255 e. The molecule has 0 bridgehead atoms. The van der Waals surface area contributed by atoms with Crippen LogP contribution in [0.3, 0.4) is 0 Å². The first kappa shape index (κ1) is 22.9. The maximum absolute atomic E-state index is 12.9. The third kappa shape index (κ3) is 6.14. The van der Waals surface area contributed by atoms with E-state index in [0.29, 0.717) is 30.3 Å². The molecule has 1 heterocycles. The quantitative estimate of drug-likeness (QED) is 0.637. The van der Waals surface area contributed by atoms with Crippen molar-refractivity contribution in [2.24, 2.45) is 0 Å². The van der Waals surface area contributed by atoms with Gasteiger partial charge in [0.2, 0.25) is 0 Å². The van der Waals surface area contributed by atoms with Crippen LogP contribution < -0.4 is 19.7 Å². The van der Waals surface area contributed by atoms with E-state index in [0.717, 1.165) is 50.3 Å². The lowest BCUT2D eigenvalue weighted by Gasteiger charge is -2.34. The summed E-state index contributed by atoms with van der Waals surface area (Å²) in [6, 6.07) is 11.6. The smallest absolute Gasteiger partial charge is 0.255 e. The van der Waals surface area contributed by atoms with E-state index >= 15 is 0 Å². The van der Waals surface area contributed by atoms with Crippen molar-refractivity contribution in [3.8, 4) is 11.5 Å². The number of hydrogen-bond acceptors (Lipinski definition) is 5. The first-order chi connectivity index (χ1) is 15.0. The Morgan fingerprint density at radius 2 is 1.61 bits per heavy atom. The number of likely N-dealkylation sites (N-methyl/N-ethyl adjacent to an activating group) is 1. The Morgan fingerprint density at radius 3 is 2.26 bits per heavy atom. The molecular weight excluding hydrogens is 390 g/mol. The highest BCUT2D eigenvalue weighted by molar-refractivity contribution is 6.05. The van der Waals surface area contributed by atoms with E-state index in [1.54, 1.807) is 12.1 Å². The molecule has 0 aromatic heterocycles. The van der Waals surface area contributed by atoms with Gasteiger partial charge in [-0.05, 0) is 68.8 Å². The Hall–Kier alpha value is -2.73. The highest BCUT2D eigenvalue weighted by Gasteiger charge is 2.16. The van der Waals surface area contributed by atoms with Crippen molar-refractivity contribution >= 4 is 17.3 Å². The van der Waals surface area contributed by atoms with Crippen LogP contribution in [0.1, 0.15) is 42.6 Å². The number of nitrogens with zero attached hydrogens (tertiary/aromatic N) is 2. The second-order valence-corrected chi connectivity index (χ2v) is 8.10. The average Bonchev–Trinajstić information content (AvgIpc) is 2.78. The van der Waals surface area contributed by atoms with E-state index in [4.69, 9.17) is 9.47 Å². The molecule has 3 rings (SSSR count). The Balaban J connectivity index is 1.71. The normalized spacial score (nSPS) is 14.4. The number of aryl methyl sites for hydroxylation is 1. The minimum Gasteiger partial charge on any atom is -0.490 e. The van der Waals surface area contributed by atoms with Gasteiger partial charge in [-0.15, -0.1) is 0 Å². The van der Waals surface area contributed by atoms with Crippen LogP contribution in [0.2, 0.25) is 0 Å². The zero-order valence-electron chi connectivity index (χ0n) is 19.2. The van der Waals surface area contributed by atoms with Crippen LogP contribution in [-0.2, 0) is 0 Å². The Bertz CT molecular complexity index is 876. The van der Waals surface area contributed by atoms with E-state index < -0.39 is 0 Å². The molecule has 1 saturated heterocycles. The van der Waals surface area contributed by atoms with Crippen molar-refractivity contribution in [1.82, 2.24) is 4.90 Å². The van der Waals surface area contributed by atoms with Gasteiger partial charge >= 0.3 is 0 Å². The van der Waals surface area contributed by atoms with Crippen LogP contribution in [0.15, 0.2) is 36.4 Å². The first-order valence-electron chi connectivity index (χ1n) is 11.3. The van der Waals surface area contributed by atoms with E-state index in [1.165, 1.54) is 5.69 Å².